The molecule has 0 bridgehead atoms. The number of benzene rings is 1. The summed E-state index contributed by atoms with van der Waals surface area (Å²) in [6, 6.07) is 9.69. The number of hydrogen-bond donors (Lipinski definition) is 0. The Kier molecular flexibility index (Phi) is 5.66. The van der Waals surface area contributed by atoms with Crippen LogP contribution >= 0.6 is 15.9 Å². The fourth-order valence-corrected chi connectivity index (χ4v) is 2.82. The van der Waals surface area contributed by atoms with E-state index in [1.807, 2.05) is 59.8 Å². The van der Waals surface area contributed by atoms with E-state index in [4.69, 9.17) is 4.74 Å². The van der Waals surface area contributed by atoms with E-state index in [0.717, 1.165) is 22.3 Å². The molecule has 4 nitrogen and oxygen atoms in total. The lowest BCUT2D eigenvalue weighted by atomic mass is 10.2. The molecule has 5 heteroatoms. The molecule has 0 unspecified atom stereocenters. The average molecular weight is 365 g/mol. The van der Waals surface area contributed by atoms with Crippen molar-refractivity contribution in [2.45, 2.75) is 26.9 Å². The molecule has 0 N–H and O–H groups in total. The van der Waals surface area contributed by atoms with Gasteiger partial charge in [-0.2, -0.15) is 0 Å². The maximum atomic E-state index is 12.8. The summed E-state index contributed by atoms with van der Waals surface area (Å²) >= 11 is 3.44. The summed E-state index contributed by atoms with van der Waals surface area (Å²) in [7, 11) is 1.65. The van der Waals surface area contributed by atoms with E-state index in [-0.39, 0.29) is 5.91 Å². The molecule has 2 rings (SSSR count). The number of rotatable bonds is 6. The number of ether oxygens (including phenoxy) is 1. The Hall–Kier alpha value is -1.75. The Bertz CT molecular complexity index is 635. The van der Waals surface area contributed by atoms with Crippen molar-refractivity contribution in [3.8, 4) is 5.75 Å². The second-order valence-corrected chi connectivity index (χ2v) is 5.91. The highest BCUT2D eigenvalue weighted by Gasteiger charge is 2.18. The van der Waals surface area contributed by atoms with Crippen LogP contribution in [0.5, 0.6) is 5.75 Å². The maximum Gasteiger partial charge on any atom is 0.270 e. The third-order valence-corrected chi connectivity index (χ3v) is 4.06. The van der Waals surface area contributed by atoms with Crippen molar-refractivity contribution in [3.05, 3.63) is 52.3 Å². The third-order valence-electron chi connectivity index (χ3n) is 3.62. The van der Waals surface area contributed by atoms with E-state index < -0.39 is 0 Å². The van der Waals surface area contributed by atoms with Crippen molar-refractivity contribution in [1.29, 1.82) is 0 Å². The third kappa shape index (κ3) is 3.71. The van der Waals surface area contributed by atoms with Crippen LogP contribution in [0.4, 0.5) is 0 Å². The molecule has 0 aliphatic carbocycles. The van der Waals surface area contributed by atoms with Gasteiger partial charge in [-0.3, -0.25) is 4.79 Å². The molecule has 1 heterocycles. The average Bonchev–Trinajstić information content (AvgIpc) is 2.93. The smallest absolute Gasteiger partial charge is 0.270 e. The van der Waals surface area contributed by atoms with Gasteiger partial charge < -0.3 is 14.2 Å². The van der Waals surface area contributed by atoms with Gasteiger partial charge in [0, 0.05) is 30.3 Å². The molecule has 118 valence electrons. The number of methoxy groups -OCH3 is 1. The van der Waals surface area contributed by atoms with E-state index in [2.05, 4.69) is 15.9 Å². The molecule has 0 fully saturated rings. The van der Waals surface area contributed by atoms with E-state index >= 15 is 0 Å². The zero-order valence-corrected chi connectivity index (χ0v) is 14.8. The van der Waals surface area contributed by atoms with Gasteiger partial charge in [0.15, 0.2) is 0 Å². The highest BCUT2D eigenvalue weighted by atomic mass is 79.9. The minimum absolute atomic E-state index is 0.0471. The van der Waals surface area contributed by atoms with Gasteiger partial charge in [0.2, 0.25) is 0 Å². The van der Waals surface area contributed by atoms with Gasteiger partial charge >= 0.3 is 0 Å². The first-order valence-electron chi connectivity index (χ1n) is 7.36. The number of hydrogen-bond acceptors (Lipinski definition) is 2. The van der Waals surface area contributed by atoms with Crippen LogP contribution in [0.1, 0.15) is 29.9 Å². The fourth-order valence-electron chi connectivity index (χ4n) is 2.36. The monoisotopic (exact) mass is 364 g/mol. The second kappa shape index (κ2) is 7.49. The van der Waals surface area contributed by atoms with Gasteiger partial charge in [-0.15, -0.1) is 0 Å². The second-order valence-electron chi connectivity index (χ2n) is 5.00. The van der Waals surface area contributed by atoms with E-state index in [0.29, 0.717) is 18.8 Å². The molecular formula is C17H21BrN2O2. The van der Waals surface area contributed by atoms with Gasteiger partial charge in [-0.1, -0.05) is 12.1 Å². The molecule has 0 spiro atoms. The molecule has 1 aromatic heterocycles. The zero-order chi connectivity index (χ0) is 16.1. The van der Waals surface area contributed by atoms with Crippen molar-refractivity contribution in [1.82, 2.24) is 9.47 Å². The van der Waals surface area contributed by atoms with E-state index in [9.17, 15) is 4.79 Å². The van der Waals surface area contributed by atoms with Crippen LogP contribution in [0, 0.1) is 0 Å². The Labute approximate surface area is 139 Å². The molecule has 0 saturated carbocycles. The summed E-state index contributed by atoms with van der Waals surface area (Å²) in [5, 5.41) is 0. The molecule has 1 aromatic carbocycles. The van der Waals surface area contributed by atoms with Crippen LogP contribution < -0.4 is 4.74 Å². The molecule has 1 amide bonds. The van der Waals surface area contributed by atoms with Gasteiger partial charge in [0.1, 0.15) is 11.4 Å². The van der Waals surface area contributed by atoms with Crippen LogP contribution in [-0.4, -0.2) is 29.0 Å². The van der Waals surface area contributed by atoms with Crippen molar-refractivity contribution in [3.63, 3.8) is 0 Å². The molecule has 0 aliphatic heterocycles. The van der Waals surface area contributed by atoms with Crippen LogP contribution in [0.3, 0.4) is 0 Å². The minimum Gasteiger partial charge on any atom is -0.497 e. The van der Waals surface area contributed by atoms with Gasteiger partial charge in [0.05, 0.1) is 7.11 Å². The van der Waals surface area contributed by atoms with Gasteiger partial charge in [-0.05, 0) is 53.5 Å². The number of nitrogens with zero attached hydrogens (tertiary/aromatic N) is 2. The Morgan fingerprint density at radius 3 is 2.50 bits per heavy atom. The molecule has 0 radical (unpaired) electrons. The van der Waals surface area contributed by atoms with Crippen LogP contribution in [0.2, 0.25) is 0 Å². The number of carbonyl (C=O) groups excluding carboxylic acids is 1. The summed E-state index contributed by atoms with van der Waals surface area (Å²) < 4.78 is 8.05. The quantitative estimate of drug-likeness (QED) is 0.777. The number of aromatic nitrogens is 1. The van der Waals surface area contributed by atoms with Crippen LogP contribution in [0.15, 0.2) is 41.0 Å². The topological polar surface area (TPSA) is 34.5 Å². The number of halogens is 1. The SMILES string of the molecule is CCN(Cc1ccc(OC)cc1)C(=O)c1cc(Br)cn1CC. The first-order chi connectivity index (χ1) is 10.6. The number of amides is 1. The van der Waals surface area contributed by atoms with E-state index in [1.165, 1.54) is 0 Å². The van der Waals surface area contributed by atoms with Crippen molar-refractivity contribution in [2.75, 3.05) is 13.7 Å². The van der Waals surface area contributed by atoms with Crippen molar-refractivity contribution in [2.24, 2.45) is 0 Å². The number of aryl methyl sites for hydroxylation is 1. The lowest BCUT2D eigenvalue weighted by Crippen LogP contribution is -2.31. The van der Waals surface area contributed by atoms with Gasteiger partial charge in [-0.25, -0.2) is 0 Å². The predicted molar refractivity (Wildman–Crippen MR) is 91.2 cm³/mol. The first kappa shape index (κ1) is 16.6. The molecule has 0 saturated heterocycles. The Morgan fingerprint density at radius 2 is 1.95 bits per heavy atom. The molecule has 22 heavy (non-hydrogen) atoms. The highest BCUT2D eigenvalue weighted by Crippen LogP contribution is 2.19. The molecule has 0 atom stereocenters. The molecular weight excluding hydrogens is 344 g/mol. The van der Waals surface area contributed by atoms with Crippen LogP contribution in [0.25, 0.3) is 0 Å². The minimum atomic E-state index is 0.0471. The highest BCUT2D eigenvalue weighted by molar-refractivity contribution is 9.10. The molecule has 0 aliphatic rings. The Morgan fingerprint density at radius 1 is 1.27 bits per heavy atom. The summed E-state index contributed by atoms with van der Waals surface area (Å²) in [5.74, 6) is 0.868. The standard InChI is InChI=1S/C17H21BrN2O2/c1-4-19-12-14(18)10-16(19)17(21)20(5-2)11-13-6-8-15(22-3)9-7-13/h6-10,12H,4-5,11H2,1-3H3. The lowest BCUT2D eigenvalue weighted by molar-refractivity contribution is 0.0742. The van der Waals surface area contributed by atoms with E-state index in [1.54, 1.807) is 7.11 Å². The summed E-state index contributed by atoms with van der Waals surface area (Å²) in [4.78, 5) is 14.6. The number of carbonyl (C=O) groups is 1. The normalized spacial score (nSPS) is 10.5. The fraction of sp³-hybridized carbons (Fsp3) is 0.353. The predicted octanol–water partition coefficient (Wildman–Crippen LogP) is 3.94. The van der Waals surface area contributed by atoms with Crippen LogP contribution in [-0.2, 0) is 13.1 Å². The van der Waals surface area contributed by atoms with Crippen molar-refractivity contribution >= 4 is 21.8 Å². The first-order valence-corrected chi connectivity index (χ1v) is 8.16. The van der Waals surface area contributed by atoms with Crippen molar-refractivity contribution < 1.29 is 9.53 Å². The lowest BCUT2D eigenvalue weighted by Gasteiger charge is -2.21. The summed E-state index contributed by atoms with van der Waals surface area (Å²) in [6.07, 6.45) is 1.94. The molecule has 2 aromatic rings. The summed E-state index contributed by atoms with van der Waals surface area (Å²) in [5.41, 5.74) is 1.80. The summed E-state index contributed by atoms with van der Waals surface area (Å²) in [6.45, 7) is 6.05. The Balaban J connectivity index is 2.17. The largest absolute Gasteiger partial charge is 0.497 e. The maximum absolute atomic E-state index is 12.8. The zero-order valence-electron chi connectivity index (χ0n) is 13.2. The van der Waals surface area contributed by atoms with Gasteiger partial charge in [0.25, 0.3) is 5.91 Å².